The summed E-state index contributed by atoms with van der Waals surface area (Å²) < 4.78 is 50.4. The highest BCUT2D eigenvalue weighted by Gasteiger charge is 2.30. The SMILES string of the molecule is COc1cc2c(Nc3ccc(Cl)c(Cl)c3)ncnc2cc1OCC1=NOC(c2ccc(C(F)(F)F)cc2)=CCC1C. The van der Waals surface area contributed by atoms with Crippen LogP contribution in [0.1, 0.15) is 24.5 Å². The summed E-state index contributed by atoms with van der Waals surface area (Å²) in [5.74, 6) is 1.76. The molecule has 12 heteroatoms. The van der Waals surface area contributed by atoms with Gasteiger partial charge in [0.25, 0.3) is 0 Å². The molecule has 1 unspecified atom stereocenters. The van der Waals surface area contributed by atoms with E-state index in [1.54, 1.807) is 36.4 Å². The number of fused-ring (bicyclic) bond motifs is 1. The summed E-state index contributed by atoms with van der Waals surface area (Å²) in [6.07, 6.45) is -0.615. The summed E-state index contributed by atoms with van der Waals surface area (Å²) in [5.41, 5.74) is 1.70. The molecular formula is C29H23Cl2F3N4O3. The topological polar surface area (TPSA) is 77.9 Å². The molecule has 0 spiro atoms. The molecule has 0 bridgehead atoms. The maximum atomic E-state index is 12.9. The van der Waals surface area contributed by atoms with E-state index in [9.17, 15) is 13.2 Å². The van der Waals surface area contributed by atoms with Crippen LogP contribution in [-0.4, -0.2) is 29.4 Å². The van der Waals surface area contributed by atoms with Gasteiger partial charge in [0.15, 0.2) is 17.3 Å². The highest BCUT2D eigenvalue weighted by Crippen LogP contribution is 2.36. The van der Waals surface area contributed by atoms with Crippen molar-refractivity contribution in [3.05, 3.63) is 88.2 Å². The number of benzene rings is 3. The van der Waals surface area contributed by atoms with Gasteiger partial charge in [-0.15, -0.1) is 0 Å². The van der Waals surface area contributed by atoms with Gasteiger partial charge in [0.1, 0.15) is 18.8 Å². The molecule has 3 aromatic carbocycles. The van der Waals surface area contributed by atoms with Crippen LogP contribution in [-0.2, 0) is 11.0 Å². The van der Waals surface area contributed by atoms with E-state index in [4.69, 9.17) is 37.5 Å². The second kappa shape index (κ2) is 11.8. The molecule has 5 rings (SSSR count). The molecule has 0 amide bonds. The number of anilines is 2. The van der Waals surface area contributed by atoms with Gasteiger partial charge >= 0.3 is 6.18 Å². The van der Waals surface area contributed by atoms with E-state index in [0.29, 0.717) is 67.4 Å². The fraction of sp³-hybridized carbons (Fsp3) is 0.207. The highest BCUT2D eigenvalue weighted by molar-refractivity contribution is 6.42. The molecular weight excluding hydrogens is 580 g/mol. The van der Waals surface area contributed by atoms with Crippen molar-refractivity contribution in [2.45, 2.75) is 19.5 Å². The minimum Gasteiger partial charge on any atom is -0.493 e. The molecule has 0 aliphatic carbocycles. The maximum absolute atomic E-state index is 12.9. The Morgan fingerprint density at radius 2 is 1.78 bits per heavy atom. The van der Waals surface area contributed by atoms with Crippen molar-refractivity contribution < 1.29 is 27.5 Å². The Hall–Kier alpha value is -4.02. The van der Waals surface area contributed by atoms with E-state index in [1.165, 1.54) is 25.6 Å². The average Bonchev–Trinajstić information content (AvgIpc) is 3.14. The predicted octanol–water partition coefficient (Wildman–Crippen LogP) is 8.54. The number of allylic oxidation sites excluding steroid dienone is 1. The van der Waals surface area contributed by atoms with Gasteiger partial charge < -0.3 is 19.6 Å². The summed E-state index contributed by atoms with van der Waals surface area (Å²) >= 11 is 12.2. The maximum Gasteiger partial charge on any atom is 0.416 e. The van der Waals surface area contributed by atoms with Crippen LogP contribution in [0.25, 0.3) is 16.7 Å². The standard InChI is InChI=1S/C29H23Cl2F3N4O3/c1-16-3-10-25(17-4-6-18(7-5-17)29(32,33)34)41-38-24(16)14-40-27-13-23-20(12-26(27)39-2)28(36-15-35-23)37-19-8-9-21(30)22(31)11-19/h4-13,15-16H,3,14H2,1-2H3,(H,35,36,37). The lowest BCUT2D eigenvalue weighted by Crippen LogP contribution is -2.19. The van der Waals surface area contributed by atoms with Gasteiger partial charge in [0.05, 0.1) is 33.9 Å². The quantitative estimate of drug-likeness (QED) is 0.228. The predicted molar refractivity (Wildman–Crippen MR) is 153 cm³/mol. The zero-order chi connectivity index (χ0) is 29.1. The Morgan fingerprint density at radius 1 is 1.00 bits per heavy atom. The fourth-order valence-electron chi connectivity index (χ4n) is 4.12. The van der Waals surface area contributed by atoms with Crippen LogP contribution < -0.4 is 14.8 Å². The van der Waals surface area contributed by atoms with Crippen LogP contribution in [0.2, 0.25) is 10.0 Å². The fourth-order valence-corrected chi connectivity index (χ4v) is 4.41. The molecule has 7 nitrogen and oxygen atoms in total. The van der Waals surface area contributed by atoms with E-state index < -0.39 is 11.7 Å². The van der Waals surface area contributed by atoms with Gasteiger partial charge in [-0.3, -0.25) is 0 Å². The van der Waals surface area contributed by atoms with Gasteiger partial charge in [0.2, 0.25) is 0 Å². The monoisotopic (exact) mass is 602 g/mol. The van der Waals surface area contributed by atoms with Crippen molar-refractivity contribution >= 4 is 57.1 Å². The van der Waals surface area contributed by atoms with Gasteiger partial charge in [-0.25, -0.2) is 9.97 Å². The molecule has 1 N–H and O–H groups in total. The smallest absolute Gasteiger partial charge is 0.416 e. The van der Waals surface area contributed by atoms with E-state index in [1.807, 2.05) is 6.92 Å². The largest absolute Gasteiger partial charge is 0.493 e. The number of ether oxygens (including phenoxy) is 2. The number of methoxy groups -OCH3 is 1. The third-order valence-corrected chi connectivity index (χ3v) is 7.20. The number of alkyl halides is 3. The second-order valence-electron chi connectivity index (χ2n) is 9.24. The highest BCUT2D eigenvalue weighted by atomic mass is 35.5. The summed E-state index contributed by atoms with van der Waals surface area (Å²) in [6.45, 7) is 2.06. The van der Waals surface area contributed by atoms with E-state index in [2.05, 4.69) is 20.4 Å². The molecule has 1 atom stereocenters. The van der Waals surface area contributed by atoms with Gasteiger partial charge in [-0.2, -0.15) is 13.2 Å². The molecule has 0 saturated carbocycles. The first-order valence-electron chi connectivity index (χ1n) is 12.4. The van der Waals surface area contributed by atoms with Crippen LogP contribution in [0.4, 0.5) is 24.7 Å². The first-order valence-corrected chi connectivity index (χ1v) is 13.2. The number of nitrogens with one attached hydrogen (secondary N) is 1. The number of hydrogen-bond donors (Lipinski definition) is 1. The number of rotatable bonds is 7. The molecule has 41 heavy (non-hydrogen) atoms. The van der Waals surface area contributed by atoms with Crippen molar-refractivity contribution in [2.24, 2.45) is 11.1 Å². The Morgan fingerprint density at radius 3 is 2.49 bits per heavy atom. The van der Waals surface area contributed by atoms with Gasteiger partial charge in [0, 0.05) is 28.6 Å². The van der Waals surface area contributed by atoms with Crippen LogP contribution in [0.3, 0.4) is 0 Å². The first-order chi connectivity index (χ1) is 19.6. The lowest BCUT2D eigenvalue weighted by atomic mass is 10.0. The Labute approximate surface area is 243 Å². The third kappa shape index (κ3) is 6.49. The Kier molecular flexibility index (Phi) is 8.23. The minimum atomic E-state index is -4.41. The van der Waals surface area contributed by atoms with E-state index in [-0.39, 0.29) is 12.5 Å². The molecule has 0 radical (unpaired) electrons. The van der Waals surface area contributed by atoms with Crippen LogP contribution in [0.15, 0.2) is 72.2 Å². The van der Waals surface area contributed by atoms with Gasteiger partial charge in [-0.05, 0) is 48.9 Å². The van der Waals surface area contributed by atoms with Crippen molar-refractivity contribution in [3.8, 4) is 11.5 Å². The average molecular weight is 603 g/mol. The lowest BCUT2D eigenvalue weighted by Gasteiger charge is -2.16. The van der Waals surface area contributed by atoms with Crippen LogP contribution in [0, 0.1) is 5.92 Å². The molecule has 1 aromatic heterocycles. The van der Waals surface area contributed by atoms with E-state index in [0.717, 1.165) is 12.1 Å². The van der Waals surface area contributed by atoms with Crippen molar-refractivity contribution in [1.82, 2.24) is 9.97 Å². The Bertz CT molecular complexity index is 1640. The molecule has 4 aromatic rings. The second-order valence-corrected chi connectivity index (χ2v) is 10.1. The first kappa shape index (κ1) is 28.5. The number of halogens is 5. The summed E-state index contributed by atoms with van der Waals surface area (Å²) in [4.78, 5) is 14.3. The summed E-state index contributed by atoms with van der Waals surface area (Å²) in [5, 5.41) is 9.01. The van der Waals surface area contributed by atoms with Crippen molar-refractivity contribution in [3.63, 3.8) is 0 Å². The molecule has 0 fully saturated rings. The molecule has 1 aliphatic rings. The molecule has 212 valence electrons. The molecule has 2 heterocycles. The zero-order valence-corrected chi connectivity index (χ0v) is 23.3. The third-order valence-electron chi connectivity index (χ3n) is 6.46. The molecule has 0 saturated heterocycles. The zero-order valence-electron chi connectivity index (χ0n) is 21.8. The van der Waals surface area contributed by atoms with Gasteiger partial charge in [-0.1, -0.05) is 47.4 Å². The van der Waals surface area contributed by atoms with E-state index >= 15 is 0 Å². The molecule has 1 aliphatic heterocycles. The number of nitrogens with zero attached hydrogens (tertiary/aromatic N) is 3. The number of hydrogen-bond acceptors (Lipinski definition) is 7. The van der Waals surface area contributed by atoms with Crippen LogP contribution in [0.5, 0.6) is 11.5 Å². The van der Waals surface area contributed by atoms with Crippen molar-refractivity contribution in [2.75, 3.05) is 19.0 Å². The normalized spacial score (nSPS) is 15.4. The summed E-state index contributed by atoms with van der Waals surface area (Å²) in [7, 11) is 1.53. The minimum absolute atomic E-state index is 0.0438. The number of aromatic nitrogens is 2. The summed E-state index contributed by atoms with van der Waals surface area (Å²) in [6, 6.07) is 13.4. The van der Waals surface area contributed by atoms with Crippen LogP contribution >= 0.6 is 23.2 Å². The lowest BCUT2D eigenvalue weighted by molar-refractivity contribution is -0.137. The van der Waals surface area contributed by atoms with Crippen molar-refractivity contribution in [1.29, 1.82) is 0 Å². The number of oxime groups is 1. The Balaban J connectivity index is 1.33.